The second-order valence-electron chi connectivity index (χ2n) is 7.12. The summed E-state index contributed by atoms with van der Waals surface area (Å²) < 4.78 is 2.19. The van der Waals surface area contributed by atoms with E-state index in [0.717, 1.165) is 43.5 Å². The minimum Gasteiger partial charge on any atom is -0.317 e. The molecule has 0 aromatic carbocycles. The van der Waals surface area contributed by atoms with Crippen molar-refractivity contribution < 1.29 is 0 Å². The van der Waals surface area contributed by atoms with Crippen molar-refractivity contribution in [3.05, 3.63) is 34.9 Å². The number of hydrogen-bond acceptors (Lipinski definition) is 5. The first-order valence-corrected chi connectivity index (χ1v) is 8.57. The van der Waals surface area contributed by atoms with Gasteiger partial charge in [0.25, 0.3) is 0 Å². The van der Waals surface area contributed by atoms with E-state index in [1.807, 2.05) is 6.20 Å². The molecule has 1 saturated carbocycles. The number of fused-ring (bicyclic) bond motifs is 1. The molecule has 0 atom stereocenters. The van der Waals surface area contributed by atoms with Gasteiger partial charge in [0.15, 0.2) is 0 Å². The summed E-state index contributed by atoms with van der Waals surface area (Å²) in [4.78, 5) is 11.7. The third-order valence-corrected chi connectivity index (χ3v) is 4.87. The van der Waals surface area contributed by atoms with E-state index in [1.54, 1.807) is 0 Å². The molecule has 4 rings (SSSR count). The molecule has 1 aliphatic heterocycles. The molecule has 6 heteroatoms. The monoisotopic (exact) mass is 312 g/mol. The Morgan fingerprint density at radius 1 is 1.26 bits per heavy atom. The maximum Gasteiger partial charge on any atom is 0.146 e. The largest absolute Gasteiger partial charge is 0.317 e. The van der Waals surface area contributed by atoms with Crippen molar-refractivity contribution in [2.45, 2.75) is 58.0 Å². The molecule has 0 amide bonds. The SMILES string of the molecule is CC(C)c1ncc2c(n1)CN(Cc1nnc(C3CC3)n1C)CC2. The average molecular weight is 312 g/mol. The second kappa shape index (κ2) is 5.67. The number of nitrogens with zero attached hydrogens (tertiary/aromatic N) is 6. The van der Waals surface area contributed by atoms with Crippen LogP contribution in [-0.4, -0.2) is 36.2 Å². The van der Waals surface area contributed by atoms with Gasteiger partial charge in [0.05, 0.1) is 12.2 Å². The van der Waals surface area contributed by atoms with Gasteiger partial charge in [-0.25, -0.2) is 9.97 Å². The van der Waals surface area contributed by atoms with Crippen molar-refractivity contribution in [1.29, 1.82) is 0 Å². The number of aromatic nitrogens is 5. The lowest BCUT2D eigenvalue weighted by atomic mass is 10.1. The molecule has 2 aromatic rings. The molecule has 0 N–H and O–H groups in total. The van der Waals surface area contributed by atoms with Crippen LogP contribution in [0.3, 0.4) is 0 Å². The molecule has 0 spiro atoms. The Balaban J connectivity index is 1.50. The van der Waals surface area contributed by atoms with E-state index >= 15 is 0 Å². The molecule has 1 aliphatic carbocycles. The zero-order chi connectivity index (χ0) is 16.0. The van der Waals surface area contributed by atoms with Crippen LogP contribution in [-0.2, 0) is 26.6 Å². The van der Waals surface area contributed by atoms with Gasteiger partial charge in [-0.2, -0.15) is 0 Å². The van der Waals surface area contributed by atoms with Crippen LogP contribution in [0.25, 0.3) is 0 Å². The van der Waals surface area contributed by atoms with E-state index in [1.165, 1.54) is 24.1 Å². The molecule has 1 fully saturated rings. The van der Waals surface area contributed by atoms with Crippen molar-refractivity contribution in [2.75, 3.05) is 6.54 Å². The van der Waals surface area contributed by atoms with Crippen LogP contribution in [0.5, 0.6) is 0 Å². The highest BCUT2D eigenvalue weighted by Gasteiger charge is 2.29. The maximum atomic E-state index is 4.77. The highest BCUT2D eigenvalue weighted by atomic mass is 15.3. The van der Waals surface area contributed by atoms with Crippen molar-refractivity contribution in [2.24, 2.45) is 7.05 Å². The molecule has 0 unspecified atom stereocenters. The quantitative estimate of drug-likeness (QED) is 0.866. The fourth-order valence-electron chi connectivity index (χ4n) is 3.20. The zero-order valence-electron chi connectivity index (χ0n) is 14.2. The van der Waals surface area contributed by atoms with Crippen LogP contribution in [0.2, 0.25) is 0 Å². The fraction of sp³-hybridized carbons (Fsp3) is 0.647. The molecule has 2 aliphatic rings. The summed E-state index contributed by atoms with van der Waals surface area (Å²) in [6.45, 7) is 7.03. The van der Waals surface area contributed by atoms with Gasteiger partial charge in [-0.3, -0.25) is 4.90 Å². The summed E-state index contributed by atoms with van der Waals surface area (Å²) in [5, 5.41) is 8.80. The molecule has 0 saturated heterocycles. The minimum atomic E-state index is 0.371. The van der Waals surface area contributed by atoms with E-state index in [9.17, 15) is 0 Å². The Morgan fingerprint density at radius 2 is 2.09 bits per heavy atom. The Labute approximate surface area is 137 Å². The Kier molecular flexibility index (Phi) is 3.64. The number of hydrogen-bond donors (Lipinski definition) is 0. The summed E-state index contributed by atoms with van der Waals surface area (Å²) in [5.74, 6) is 4.18. The normalized spacial score (nSPS) is 18.4. The predicted octanol–water partition coefficient (Wildman–Crippen LogP) is 2.16. The summed E-state index contributed by atoms with van der Waals surface area (Å²) in [6, 6.07) is 0. The van der Waals surface area contributed by atoms with E-state index in [0.29, 0.717) is 11.8 Å². The standard InChI is InChI=1S/C17H24N6/c1-11(2)16-18-8-13-6-7-23(9-14(13)19-16)10-15-20-21-17(22(15)3)12-4-5-12/h8,11-12H,4-7,9-10H2,1-3H3. The van der Waals surface area contributed by atoms with E-state index in [4.69, 9.17) is 4.98 Å². The van der Waals surface area contributed by atoms with Crippen LogP contribution < -0.4 is 0 Å². The molecule has 122 valence electrons. The Bertz CT molecular complexity index is 716. The van der Waals surface area contributed by atoms with Gasteiger partial charge >= 0.3 is 0 Å². The molecule has 0 radical (unpaired) electrons. The average Bonchev–Trinajstić information content (AvgIpc) is 3.32. The van der Waals surface area contributed by atoms with Gasteiger partial charge in [0.1, 0.15) is 17.5 Å². The summed E-state index contributed by atoms with van der Waals surface area (Å²) in [7, 11) is 2.10. The van der Waals surface area contributed by atoms with E-state index < -0.39 is 0 Å². The first kappa shape index (κ1) is 14.8. The molecule has 0 bridgehead atoms. The van der Waals surface area contributed by atoms with E-state index in [2.05, 4.69) is 45.5 Å². The third-order valence-electron chi connectivity index (χ3n) is 4.87. The third kappa shape index (κ3) is 2.87. The highest BCUT2D eigenvalue weighted by molar-refractivity contribution is 5.21. The molecule has 23 heavy (non-hydrogen) atoms. The topological polar surface area (TPSA) is 59.7 Å². The van der Waals surface area contributed by atoms with Crippen LogP contribution in [0.1, 0.15) is 67.3 Å². The molecule has 3 heterocycles. The van der Waals surface area contributed by atoms with Gasteiger partial charge in [-0.15, -0.1) is 10.2 Å². The molecule has 2 aromatic heterocycles. The van der Waals surface area contributed by atoms with Crippen LogP contribution >= 0.6 is 0 Å². The van der Waals surface area contributed by atoms with Crippen LogP contribution in [0.4, 0.5) is 0 Å². The van der Waals surface area contributed by atoms with Gasteiger partial charge < -0.3 is 4.57 Å². The molecular formula is C17H24N6. The summed E-state index contributed by atoms with van der Waals surface area (Å²) >= 11 is 0. The summed E-state index contributed by atoms with van der Waals surface area (Å²) in [5.41, 5.74) is 2.47. The Hall–Kier alpha value is -1.82. The predicted molar refractivity (Wildman–Crippen MR) is 86.9 cm³/mol. The Morgan fingerprint density at radius 3 is 2.83 bits per heavy atom. The summed E-state index contributed by atoms with van der Waals surface area (Å²) in [6.07, 6.45) is 5.56. The van der Waals surface area contributed by atoms with Crippen molar-refractivity contribution in [1.82, 2.24) is 29.6 Å². The highest BCUT2D eigenvalue weighted by Crippen LogP contribution is 2.38. The first-order valence-electron chi connectivity index (χ1n) is 8.57. The van der Waals surface area contributed by atoms with Gasteiger partial charge in [-0.05, 0) is 24.8 Å². The van der Waals surface area contributed by atoms with Crippen molar-refractivity contribution >= 4 is 0 Å². The fourth-order valence-corrected chi connectivity index (χ4v) is 3.20. The molecule has 6 nitrogen and oxygen atoms in total. The number of rotatable bonds is 4. The van der Waals surface area contributed by atoms with Gasteiger partial charge in [0, 0.05) is 38.2 Å². The molecular weight excluding hydrogens is 288 g/mol. The van der Waals surface area contributed by atoms with E-state index in [-0.39, 0.29) is 0 Å². The van der Waals surface area contributed by atoms with Crippen molar-refractivity contribution in [3.8, 4) is 0 Å². The lowest BCUT2D eigenvalue weighted by molar-refractivity contribution is 0.232. The second-order valence-corrected chi connectivity index (χ2v) is 7.12. The first-order chi connectivity index (χ1) is 11.1. The zero-order valence-corrected chi connectivity index (χ0v) is 14.2. The van der Waals surface area contributed by atoms with Gasteiger partial charge in [-0.1, -0.05) is 13.8 Å². The van der Waals surface area contributed by atoms with Crippen LogP contribution in [0, 0.1) is 0 Å². The van der Waals surface area contributed by atoms with Crippen LogP contribution in [0.15, 0.2) is 6.20 Å². The smallest absolute Gasteiger partial charge is 0.146 e. The van der Waals surface area contributed by atoms with Gasteiger partial charge in [0.2, 0.25) is 0 Å². The maximum absolute atomic E-state index is 4.77. The minimum absolute atomic E-state index is 0.371. The lowest BCUT2D eigenvalue weighted by Gasteiger charge is -2.27. The van der Waals surface area contributed by atoms with Crippen molar-refractivity contribution in [3.63, 3.8) is 0 Å². The lowest BCUT2D eigenvalue weighted by Crippen LogP contribution is -2.32.